The first-order valence-electron chi connectivity index (χ1n) is 8.21. The molecule has 0 aromatic heterocycles. The maximum atomic E-state index is 12.7. The van der Waals surface area contributed by atoms with Crippen molar-refractivity contribution in [3.05, 3.63) is 22.7 Å². The van der Waals surface area contributed by atoms with Gasteiger partial charge in [-0.05, 0) is 43.6 Å². The molecular weight excluding hydrogens is 332 g/mol. The van der Waals surface area contributed by atoms with Gasteiger partial charge in [-0.3, -0.25) is 4.79 Å². The Hall–Kier alpha value is -1.50. The summed E-state index contributed by atoms with van der Waals surface area (Å²) < 4.78 is 16.4. The normalized spacial score (nSPS) is 18.9. The molecule has 1 amide bonds. The Labute approximate surface area is 146 Å². The van der Waals surface area contributed by atoms with Crippen molar-refractivity contribution >= 4 is 17.5 Å². The van der Waals surface area contributed by atoms with Crippen LogP contribution in [0.15, 0.2) is 12.1 Å². The summed E-state index contributed by atoms with van der Waals surface area (Å²) in [5, 5.41) is 6.82. The highest BCUT2D eigenvalue weighted by Crippen LogP contribution is 2.38. The summed E-state index contributed by atoms with van der Waals surface area (Å²) >= 11 is 6.24. The van der Waals surface area contributed by atoms with Crippen molar-refractivity contribution in [3.63, 3.8) is 0 Å². The summed E-state index contributed by atoms with van der Waals surface area (Å²) in [6, 6.07) is 3.67. The van der Waals surface area contributed by atoms with Gasteiger partial charge in [0.05, 0.1) is 17.0 Å². The number of hydrogen-bond acceptors (Lipinski definition) is 5. The lowest BCUT2D eigenvalue weighted by Gasteiger charge is -2.35. The van der Waals surface area contributed by atoms with E-state index in [1.165, 1.54) is 0 Å². The third-order valence-corrected chi connectivity index (χ3v) is 4.85. The van der Waals surface area contributed by atoms with Crippen molar-refractivity contribution in [1.82, 2.24) is 10.6 Å². The number of fused-ring (bicyclic) bond motifs is 1. The fourth-order valence-electron chi connectivity index (χ4n) is 3.25. The molecule has 0 spiro atoms. The number of halogens is 1. The number of nitrogens with one attached hydrogen (secondary N) is 2. The zero-order chi connectivity index (χ0) is 17.0. The van der Waals surface area contributed by atoms with E-state index in [0.717, 1.165) is 31.5 Å². The number of amides is 1. The largest absolute Gasteiger partial charge is 0.486 e. The van der Waals surface area contributed by atoms with Gasteiger partial charge in [-0.25, -0.2) is 0 Å². The summed E-state index contributed by atoms with van der Waals surface area (Å²) in [4.78, 5) is 12.7. The van der Waals surface area contributed by atoms with Crippen LogP contribution in [0.1, 0.15) is 18.4 Å². The van der Waals surface area contributed by atoms with Crippen LogP contribution < -0.4 is 20.1 Å². The van der Waals surface area contributed by atoms with Crippen LogP contribution in [0, 0.1) is 5.41 Å². The smallest absolute Gasteiger partial charge is 0.228 e. The maximum Gasteiger partial charge on any atom is 0.228 e. The predicted molar refractivity (Wildman–Crippen MR) is 90.7 cm³/mol. The van der Waals surface area contributed by atoms with Gasteiger partial charge in [-0.15, -0.1) is 0 Å². The molecule has 0 atom stereocenters. The Morgan fingerprint density at radius 1 is 1.33 bits per heavy atom. The van der Waals surface area contributed by atoms with Crippen molar-refractivity contribution < 1.29 is 19.0 Å². The Kier molecular flexibility index (Phi) is 5.48. The number of hydrogen-bond donors (Lipinski definition) is 2. The van der Waals surface area contributed by atoms with Crippen LogP contribution in [-0.4, -0.2) is 45.9 Å². The van der Waals surface area contributed by atoms with E-state index >= 15 is 0 Å². The van der Waals surface area contributed by atoms with E-state index in [4.69, 9.17) is 25.8 Å². The van der Waals surface area contributed by atoms with Crippen LogP contribution in [0.2, 0.25) is 5.02 Å². The molecule has 1 aromatic carbocycles. The van der Waals surface area contributed by atoms with Crippen LogP contribution in [0.5, 0.6) is 11.5 Å². The van der Waals surface area contributed by atoms with E-state index in [1.807, 2.05) is 6.07 Å². The van der Waals surface area contributed by atoms with Crippen LogP contribution in [0.3, 0.4) is 0 Å². The van der Waals surface area contributed by atoms with E-state index in [9.17, 15) is 4.79 Å². The highest BCUT2D eigenvalue weighted by atomic mass is 35.5. The molecule has 0 aliphatic carbocycles. The molecule has 7 heteroatoms. The lowest BCUT2D eigenvalue weighted by molar-refractivity contribution is -0.136. The fraction of sp³-hybridized carbons (Fsp3) is 0.588. The van der Waals surface area contributed by atoms with Crippen molar-refractivity contribution in [2.75, 3.05) is 40.0 Å². The average Bonchev–Trinajstić information content (AvgIpc) is 2.61. The number of carbonyl (C=O) groups is 1. The van der Waals surface area contributed by atoms with Gasteiger partial charge in [0.15, 0.2) is 11.5 Å². The molecule has 0 bridgehead atoms. The summed E-state index contributed by atoms with van der Waals surface area (Å²) in [6.45, 7) is 3.48. The first kappa shape index (κ1) is 17.3. The molecule has 24 heavy (non-hydrogen) atoms. The topological polar surface area (TPSA) is 68.8 Å². The third kappa shape index (κ3) is 3.61. The number of rotatable bonds is 5. The van der Waals surface area contributed by atoms with Gasteiger partial charge < -0.3 is 24.8 Å². The molecule has 1 fully saturated rings. The van der Waals surface area contributed by atoms with Gasteiger partial charge >= 0.3 is 0 Å². The van der Waals surface area contributed by atoms with Gasteiger partial charge in [-0.2, -0.15) is 0 Å². The Morgan fingerprint density at radius 3 is 2.83 bits per heavy atom. The highest BCUT2D eigenvalue weighted by molar-refractivity contribution is 6.32. The van der Waals surface area contributed by atoms with Crippen LogP contribution in [0.4, 0.5) is 0 Å². The SMILES string of the molecule is COCC1(C(=O)NCc2cc(Cl)c3c(c2)OCCO3)CCNCC1. The van der Waals surface area contributed by atoms with Gasteiger partial charge in [-0.1, -0.05) is 11.6 Å². The monoisotopic (exact) mass is 354 g/mol. The third-order valence-electron chi connectivity index (χ3n) is 4.57. The van der Waals surface area contributed by atoms with E-state index < -0.39 is 5.41 Å². The van der Waals surface area contributed by atoms with Gasteiger partial charge in [0.2, 0.25) is 5.91 Å². The summed E-state index contributed by atoms with van der Waals surface area (Å²) in [6.07, 6.45) is 1.54. The minimum absolute atomic E-state index is 0.0249. The first-order valence-corrected chi connectivity index (χ1v) is 8.58. The van der Waals surface area contributed by atoms with Crippen LogP contribution >= 0.6 is 11.6 Å². The number of piperidine rings is 1. The number of carbonyl (C=O) groups excluding carboxylic acids is 1. The van der Waals surface area contributed by atoms with Gasteiger partial charge in [0.25, 0.3) is 0 Å². The van der Waals surface area contributed by atoms with Crippen molar-refractivity contribution in [2.24, 2.45) is 5.41 Å². The maximum absolute atomic E-state index is 12.7. The quantitative estimate of drug-likeness (QED) is 0.843. The molecule has 1 saturated heterocycles. The predicted octanol–water partition coefficient (Wildman–Crippen LogP) is 1.74. The molecule has 0 radical (unpaired) electrons. The van der Waals surface area contributed by atoms with Crippen LogP contribution in [0.25, 0.3) is 0 Å². The molecule has 132 valence electrons. The highest BCUT2D eigenvalue weighted by Gasteiger charge is 2.39. The minimum atomic E-state index is -0.461. The molecule has 2 aliphatic heterocycles. The number of ether oxygens (including phenoxy) is 3. The molecule has 6 nitrogen and oxygen atoms in total. The average molecular weight is 355 g/mol. The molecule has 3 rings (SSSR count). The zero-order valence-electron chi connectivity index (χ0n) is 13.8. The summed E-state index contributed by atoms with van der Waals surface area (Å²) in [7, 11) is 1.64. The second-order valence-corrected chi connectivity index (χ2v) is 6.66. The molecule has 0 unspecified atom stereocenters. The van der Waals surface area contributed by atoms with E-state index in [1.54, 1.807) is 13.2 Å². The second-order valence-electron chi connectivity index (χ2n) is 6.25. The molecule has 1 aromatic rings. The van der Waals surface area contributed by atoms with Crippen molar-refractivity contribution in [1.29, 1.82) is 0 Å². The van der Waals surface area contributed by atoms with Gasteiger partial charge in [0.1, 0.15) is 13.2 Å². The number of methoxy groups -OCH3 is 1. The number of benzene rings is 1. The molecule has 0 saturated carbocycles. The Bertz CT molecular complexity index is 597. The van der Waals surface area contributed by atoms with Crippen molar-refractivity contribution in [2.45, 2.75) is 19.4 Å². The second kappa shape index (κ2) is 7.59. The van der Waals surface area contributed by atoms with Gasteiger partial charge in [0, 0.05) is 13.7 Å². The summed E-state index contributed by atoms with van der Waals surface area (Å²) in [5.41, 5.74) is 0.427. The lowest BCUT2D eigenvalue weighted by atomic mass is 9.78. The first-order chi connectivity index (χ1) is 11.6. The fourth-order valence-corrected chi connectivity index (χ4v) is 3.54. The Balaban J connectivity index is 1.68. The molecule has 2 N–H and O–H groups in total. The lowest BCUT2D eigenvalue weighted by Crippen LogP contribution is -2.49. The summed E-state index contributed by atoms with van der Waals surface area (Å²) in [5.74, 6) is 1.23. The minimum Gasteiger partial charge on any atom is -0.486 e. The van der Waals surface area contributed by atoms with E-state index in [2.05, 4.69) is 10.6 Å². The van der Waals surface area contributed by atoms with E-state index in [0.29, 0.717) is 42.9 Å². The molecular formula is C17H23ClN2O4. The van der Waals surface area contributed by atoms with Crippen LogP contribution in [-0.2, 0) is 16.1 Å². The Morgan fingerprint density at radius 2 is 2.08 bits per heavy atom. The van der Waals surface area contributed by atoms with E-state index in [-0.39, 0.29) is 5.91 Å². The van der Waals surface area contributed by atoms with Crippen molar-refractivity contribution in [3.8, 4) is 11.5 Å². The molecule has 2 aliphatic rings. The zero-order valence-corrected chi connectivity index (χ0v) is 14.6. The standard InChI is InChI=1S/C17H23ClN2O4/c1-22-11-17(2-4-19-5-3-17)16(21)20-10-12-8-13(18)15-14(9-12)23-6-7-24-15/h8-9,19H,2-7,10-11H2,1H3,(H,20,21). The molecule has 2 heterocycles.